The summed E-state index contributed by atoms with van der Waals surface area (Å²) in [5.41, 5.74) is 8.56. The van der Waals surface area contributed by atoms with Crippen molar-refractivity contribution < 1.29 is 4.79 Å². The van der Waals surface area contributed by atoms with Gasteiger partial charge in [-0.2, -0.15) is 0 Å². The SMILES string of the molecule is CCCCN=C1S/C(=C(/C)c2cccc(N)c2)C(=O)N1CCCC. The number of amidine groups is 1. The maximum atomic E-state index is 12.9. The Kier molecular flexibility index (Phi) is 6.91. The number of nitrogens with two attached hydrogens (primary N) is 1. The molecular weight excluding hydrogens is 318 g/mol. The van der Waals surface area contributed by atoms with Gasteiger partial charge in [0.2, 0.25) is 0 Å². The number of allylic oxidation sites excluding steroid dienone is 1. The smallest absolute Gasteiger partial charge is 0.267 e. The van der Waals surface area contributed by atoms with Crippen LogP contribution in [-0.2, 0) is 4.79 Å². The third kappa shape index (κ3) is 4.41. The summed E-state index contributed by atoms with van der Waals surface area (Å²) in [6, 6.07) is 7.69. The number of benzene rings is 1. The van der Waals surface area contributed by atoms with E-state index in [1.165, 1.54) is 11.8 Å². The number of nitrogens with zero attached hydrogens (tertiary/aromatic N) is 2. The lowest BCUT2D eigenvalue weighted by Crippen LogP contribution is -2.30. The van der Waals surface area contributed by atoms with Gasteiger partial charge in [0.05, 0.1) is 4.91 Å². The molecule has 1 aliphatic rings. The molecule has 0 atom stereocenters. The predicted molar refractivity (Wildman–Crippen MR) is 105 cm³/mol. The minimum Gasteiger partial charge on any atom is -0.399 e. The molecule has 0 saturated carbocycles. The average Bonchev–Trinajstić information content (AvgIpc) is 2.88. The van der Waals surface area contributed by atoms with Crippen LogP contribution in [0.2, 0.25) is 0 Å². The summed E-state index contributed by atoms with van der Waals surface area (Å²) in [6.07, 6.45) is 4.20. The first-order valence-electron chi connectivity index (χ1n) is 8.69. The molecule has 2 rings (SSSR count). The Labute approximate surface area is 149 Å². The summed E-state index contributed by atoms with van der Waals surface area (Å²) in [5.74, 6) is 0.0728. The highest BCUT2D eigenvalue weighted by Gasteiger charge is 2.34. The third-order valence-corrected chi connectivity index (χ3v) is 5.23. The Morgan fingerprint density at radius 2 is 2.00 bits per heavy atom. The topological polar surface area (TPSA) is 58.7 Å². The fourth-order valence-electron chi connectivity index (χ4n) is 2.50. The second kappa shape index (κ2) is 8.92. The Morgan fingerprint density at radius 1 is 1.25 bits per heavy atom. The second-order valence-electron chi connectivity index (χ2n) is 6.01. The van der Waals surface area contributed by atoms with E-state index in [2.05, 4.69) is 18.8 Å². The Bertz CT molecular complexity index is 652. The molecule has 2 N–H and O–H groups in total. The molecule has 1 aromatic rings. The highest BCUT2D eigenvalue weighted by molar-refractivity contribution is 8.18. The van der Waals surface area contributed by atoms with E-state index in [4.69, 9.17) is 5.73 Å². The number of aliphatic imine (C=N–C) groups is 1. The molecule has 1 aromatic carbocycles. The molecule has 1 heterocycles. The Hall–Kier alpha value is -1.75. The molecule has 24 heavy (non-hydrogen) atoms. The zero-order chi connectivity index (χ0) is 17.5. The lowest BCUT2D eigenvalue weighted by atomic mass is 10.1. The molecule has 1 aliphatic heterocycles. The van der Waals surface area contributed by atoms with Crippen molar-refractivity contribution in [3.8, 4) is 0 Å². The van der Waals surface area contributed by atoms with Crippen LogP contribution in [0.4, 0.5) is 5.69 Å². The number of carbonyl (C=O) groups is 1. The van der Waals surface area contributed by atoms with Crippen molar-refractivity contribution in [3.63, 3.8) is 0 Å². The number of nitrogen functional groups attached to an aromatic ring is 1. The van der Waals surface area contributed by atoms with E-state index in [0.29, 0.717) is 5.69 Å². The maximum absolute atomic E-state index is 12.9. The number of hydrogen-bond acceptors (Lipinski definition) is 4. The fraction of sp³-hybridized carbons (Fsp3) is 0.474. The molecule has 0 radical (unpaired) electrons. The molecule has 130 valence electrons. The Morgan fingerprint density at radius 3 is 2.67 bits per heavy atom. The minimum absolute atomic E-state index is 0.0728. The third-order valence-electron chi connectivity index (χ3n) is 4.02. The number of rotatable bonds is 7. The number of carbonyl (C=O) groups excluding carboxylic acids is 1. The van der Waals surface area contributed by atoms with Gasteiger partial charge >= 0.3 is 0 Å². The lowest BCUT2D eigenvalue weighted by molar-refractivity contribution is -0.122. The van der Waals surface area contributed by atoms with Gasteiger partial charge in [-0.1, -0.05) is 38.8 Å². The molecule has 0 unspecified atom stereocenters. The summed E-state index contributed by atoms with van der Waals surface area (Å²) in [4.78, 5) is 20.2. The number of anilines is 1. The van der Waals surface area contributed by atoms with E-state index in [0.717, 1.165) is 60.0 Å². The van der Waals surface area contributed by atoms with Gasteiger partial charge in [-0.05, 0) is 54.8 Å². The van der Waals surface area contributed by atoms with E-state index in [1.807, 2.05) is 36.1 Å². The molecule has 1 saturated heterocycles. The average molecular weight is 346 g/mol. The van der Waals surface area contributed by atoms with Crippen LogP contribution < -0.4 is 5.73 Å². The van der Waals surface area contributed by atoms with Gasteiger partial charge in [-0.25, -0.2) is 0 Å². The summed E-state index contributed by atoms with van der Waals surface area (Å²) in [7, 11) is 0. The molecular formula is C19H27N3OS. The summed E-state index contributed by atoms with van der Waals surface area (Å²) < 4.78 is 0. The molecule has 4 nitrogen and oxygen atoms in total. The van der Waals surface area contributed by atoms with E-state index in [9.17, 15) is 4.79 Å². The van der Waals surface area contributed by atoms with Crippen molar-refractivity contribution in [1.29, 1.82) is 0 Å². The molecule has 0 spiro atoms. The first-order valence-corrected chi connectivity index (χ1v) is 9.51. The van der Waals surface area contributed by atoms with Gasteiger partial charge in [0, 0.05) is 18.8 Å². The van der Waals surface area contributed by atoms with Gasteiger partial charge in [0.15, 0.2) is 5.17 Å². The van der Waals surface area contributed by atoms with Crippen LogP contribution in [0, 0.1) is 0 Å². The van der Waals surface area contributed by atoms with Crippen LogP contribution in [0.15, 0.2) is 34.2 Å². The van der Waals surface area contributed by atoms with E-state index in [-0.39, 0.29) is 5.91 Å². The minimum atomic E-state index is 0.0728. The zero-order valence-electron chi connectivity index (χ0n) is 14.8. The highest BCUT2D eigenvalue weighted by Crippen LogP contribution is 2.37. The van der Waals surface area contributed by atoms with Crippen LogP contribution in [-0.4, -0.2) is 29.1 Å². The molecule has 0 bridgehead atoms. The van der Waals surface area contributed by atoms with Gasteiger partial charge in [0.25, 0.3) is 5.91 Å². The summed E-state index contributed by atoms with van der Waals surface area (Å²) >= 11 is 1.50. The van der Waals surface area contributed by atoms with Gasteiger partial charge in [-0.3, -0.25) is 14.7 Å². The largest absolute Gasteiger partial charge is 0.399 e. The first kappa shape index (κ1) is 18.6. The molecule has 1 fully saturated rings. The first-order chi connectivity index (χ1) is 11.6. The van der Waals surface area contributed by atoms with Crippen LogP contribution >= 0.6 is 11.8 Å². The summed E-state index contributed by atoms with van der Waals surface area (Å²) in [6.45, 7) is 7.79. The van der Waals surface area contributed by atoms with Crippen LogP contribution in [0.1, 0.15) is 52.0 Å². The highest BCUT2D eigenvalue weighted by atomic mass is 32.2. The van der Waals surface area contributed by atoms with E-state index < -0.39 is 0 Å². The number of unbranched alkanes of at least 4 members (excludes halogenated alkanes) is 2. The zero-order valence-corrected chi connectivity index (χ0v) is 15.7. The predicted octanol–water partition coefficient (Wildman–Crippen LogP) is 4.53. The molecule has 0 aliphatic carbocycles. The number of thioether (sulfide) groups is 1. The maximum Gasteiger partial charge on any atom is 0.267 e. The van der Waals surface area contributed by atoms with Crippen molar-refractivity contribution in [1.82, 2.24) is 4.90 Å². The molecule has 1 amide bonds. The van der Waals surface area contributed by atoms with E-state index in [1.54, 1.807) is 0 Å². The standard InChI is InChI=1S/C19H27N3OS/c1-4-6-11-21-19-22(12-7-5-2)18(23)17(24-19)14(3)15-9-8-10-16(20)13-15/h8-10,13H,4-7,11-12,20H2,1-3H3/b17-14-,21-19?. The summed E-state index contributed by atoms with van der Waals surface area (Å²) in [5, 5.41) is 0.847. The quantitative estimate of drug-likeness (QED) is 0.449. The van der Waals surface area contributed by atoms with Crippen molar-refractivity contribution in [2.75, 3.05) is 18.8 Å². The van der Waals surface area contributed by atoms with Crippen molar-refractivity contribution >= 4 is 34.1 Å². The normalized spacial score (nSPS) is 18.5. The monoisotopic (exact) mass is 345 g/mol. The van der Waals surface area contributed by atoms with Gasteiger partial charge in [0.1, 0.15) is 0 Å². The number of amides is 1. The van der Waals surface area contributed by atoms with Gasteiger partial charge in [-0.15, -0.1) is 0 Å². The van der Waals surface area contributed by atoms with Crippen LogP contribution in [0.5, 0.6) is 0 Å². The van der Waals surface area contributed by atoms with Crippen LogP contribution in [0.25, 0.3) is 5.57 Å². The Balaban J connectivity index is 2.32. The van der Waals surface area contributed by atoms with E-state index >= 15 is 0 Å². The van der Waals surface area contributed by atoms with Gasteiger partial charge < -0.3 is 5.73 Å². The van der Waals surface area contributed by atoms with Crippen molar-refractivity contribution in [3.05, 3.63) is 34.7 Å². The molecule has 5 heteroatoms. The van der Waals surface area contributed by atoms with Crippen molar-refractivity contribution in [2.24, 2.45) is 4.99 Å². The molecule has 0 aromatic heterocycles. The second-order valence-corrected chi connectivity index (χ2v) is 6.99. The number of hydrogen-bond donors (Lipinski definition) is 1. The fourth-order valence-corrected chi connectivity index (χ4v) is 3.59. The lowest BCUT2D eigenvalue weighted by Gasteiger charge is -2.15. The van der Waals surface area contributed by atoms with Crippen LogP contribution in [0.3, 0.4) is 0 Å². The van der Waals surface area contributed by atoms with Crippen molar-refractivity contribution in [2.45, 2.75) is 46.5 Å².